The zero-order chi connectivity index (χ0) is 21.6. The average molecular weight is 399 g/mol. The largest absolute Gasteiger partial charge is 0.373 e. The second-order valence-corrected chi connectivity index (χ2v) is 7.51. The van der Waals surface area contributed by atoms with E-state index >= 15 is 0 Å². The maximum Gasteiger partial charge on any atom is 0.373 e. The molecular weight excluding hydrogens is 374 g/mol. The number of benzene rings is 2. The Bertz CT molecular complexity index is 888. The van der Waals surface area contributed by atoms with E-state index in [4.69, 9.17) is 21.2 Å². The third-order valence-corrected chi connectivity index (χ3v) is 3.76. The van der Waals surface area contributed by atoms with Crippen molar-refractivity contribution in [1.29, 1.82) is 0 Å². The smallest absolute Gasteiger partial charge is 0.366 e. The fourth-order valence-corrected chi connectivity index (χ4v) is 2.33. The second-order valence-electron chi connectivity index (χ2n) is 7.51. The zero-order valence-corrected chi connectivity index (χ0v) is 16.6. The molecule has 0 aliphatic heterocycles. The Hall–Kier alpha value is -3.23. The van der Waals surface area contributed by atoms with Gasteiger partial charge in [0.2, 0.25) is 11.8 Å². The second kappa shape index (κ2) is 9.31. The summed E-state index contributed by atoms with van der Waals surface area (Å²) in [6.45, 7) is 5.27. The van der Waals surface area contributed by atoms with Crippen LogP contribution in [0.4, 0.5) is 5.69 Å². The quantitative estimate of drug-likeness (QED) is 0.483. The number of rotatable bonds is 7. The summed E-state index contributed by atoms with van der Waals surface area (Å²) in [4.78, 5) is 45.3. The maximum absolute atomic E-state index is 12.3. The van der Waals surface area contributed by atoms with Crippen LogP contribution in [0.25, 0.3) is 0 Å². The highest BCUT2D eigenvalue weighted by molar-refractivity contribution is 5.96. The third kappa shape index (κ3) is 7.02. The number of anilines is 1. The molecule has 2 amide bonds. The molecule has 8 nitrogen and oxygen atoms in total. The first-order valence-corrected chi connectivity index (χ1v) is 9.00. The van der Waals surface area contributed by atoms with E-state index in [9.17, 15) is 14.4 Å². The Morgan fingerprint density at radius 1 is 1.03 bits per heavy atom. The molecule has 0 spiro atoms. The lowest BCUT2D eigenvalue weighted by molar-refractivity contribution is -0.301. The van der Waals surface area contributed by atoms with Crippen LogP contribution < -0.4 is 16.8 Å². The van der Waals surface area contributed by atoms with Gasteiger partial charge in [0.05, 0.1) is 11.6 Å². The van der Waals surface area contributed by atoms with Crippen molar-refractivity contribution in [2.45, 2.75) is 38.8 Å². The summed E-state index contributed by atoms with van der Waals surface area (Å²) in [5.41, 5.74) is 12.4. The fourth-order valence-electron chi connectivity index (χ4n) is 2.33. The highest BCUT2D eigenvalue weighted by Crippen LogP contribution is 2.14. The molecule has 154 valence electrons. The van der Waals surface area contributed by atoms with Gasteiger partial charge in [-0.15, -0.1) is 0 Å². The molecule has 2 aromatic rings. The molecule has 0 radical (unpaired) electrons. The first-order chi connectivity index (χ1) is 13.5. The van der Waals surface area contributed by atoms with Crippen molar-refractivity contribution < 1.29 is 24.2 Å². The van der Waals surface area contributed by atoms with E-state index < -0.39 is 29.4 Å². The Kier molecular flexibility index (Phi) is 7.08. The Labute approximate surface area is 169 Å². The topological polar surface area (TPSA) is 134 Å². The van der Waals surface area contributed by atoms with Gasteiger partial charge in [-0.3, -0.25) is 14.5 Å². The molecule has 29 heavy (non-hydrogen) atoms. The molecule has 1 unspecified atom stereocenters. The van der Waals surface area contributed by atoms with E-state index in [2.05, 4.69) is 5.32 Å². The van der Waals surface area contributed by atoms with Crippen LogP contribution in [0.15, 0.2) is 48.5 Å². The molecule has 0 aromatic heterocycles. The van der Waals surface area contributed by atoms with Crippen LogP contribution in [0, 0.1) is 0 Å². The Balaban J connectivity index is 1.93. The molecule has 2 rings (SSSR count). The van der Waals surface area contributed by atoms with Gasteiger partial charge >= 0.3 is 5.97 Å². The number of carbonyl (C=O) groups excluding carboxylic acids is 3. The molecule has 0 heterocycles. The van der Waals surface area contributed by atoms with Gasteiger partial charge in [0.25, 0.3) is 0 Å². The summed E-state index contributed by atoms with van der Waals surface area (Å²) in [6, 6.07) is 11.9. The summed E-state index contributed by atoms with van der Waals surface area (Å²) < 4.78 is 0. The van der Waals surface area contributed by atoms with Gasteiger partial charge in [0.15, 0.2) is 0 Å². The minimum atomic E-state index is -0.831. The molecule has 2 aromatic carbocycles. The molecule has 0 aliphatic carbocycles. The lowest BCUT2D eigenvalue weighted by Gasteiger charge is -2.16. The van der Waals surface area contributed by atoms with E-state index in [1.54, 1.807) is 57.2 Å². The van der Waals surface area contributed by atoms with E-state index in [1.165, 1.54) is 12.1 Å². The van der Waals surface area contributed by atoms with E-state index in [0.717, 1.165) is 5.56 Å². The van der Waals surface area contributed by atoms with Gasteiger partial charge in [0, 0.05) is 11.3 Å². The molecule has 0 saturated heterocycles. The molecular formula is C21H25N3O5. The van der Waals surface area contributed by atoms with Crippen LogP contribution in [0.3, 0.4) is 0 Å². The molecule has 1 atom stereocenters. The highest BCUT2D eigenvalue weighted by atomic mass is 17.2. The van der Waals surface area contributed by atoms with Crippen molar-refractivity contribution in [2.75, 3.05) is 5.32 Å². The molecule has 8 heteroatoms. The minimum absolute atomic E-state index is 0.238. The number of nitrogens with one attached hydrogen (secondary N) is 1. The summed E-state index contributed by atoms with van der Waals surface area (Å²) in [5, 5.41) is 2.68. The van der Waals surface area contributed by atoms with Crippen molar-refractivity contribution in [3.8, 4) is 0 Å². The van der Waals surface area contributed by atoms with Gasteiger partial charge in [-0.2, -0.15) is 4.89 Å². The van der Waals surface area contributed by atoms with Crippen molar-refractivity contribution in [3.05, 3.63) is 65.2 Å². The van der Waals surface area contributed by atoms with Crippen LogP contribution in [0.5, 0.6) is 0 Å². The number of nitrogens with two attached hydrogens (primary N) is 2. The van der Waals surface area contributed by atoms with E-state index in [1.807, 2.05) is 0 Å². The number of hydrogen-bond acceptors (Lipinski definition) is 6. The van der Waals surface area contributed by atoms with Gasteiger partial charge in [-0.25, -0.2) is 4.79 Å². The lowest BCUT2D eigenvalue weighted by Crippen LogP contribution is -2.37. The summed E-state index contributed by atoms with van der Waals surface area (Å²) in [5.74, 6) is -1.58. The minimum Gasteiger partial charge on any atom is -0.366 e. The Morgan fingerprint density at radius 2 is 1.69 bits per heavy atom. The van der Waals surface area contributed by atoms with Crippen LogP contribution in [-0.4, -0.2) is 29.4 Å². The van der Waals surface area contributed by atoms with Gasteiger partial charge in [-0.1, -0.05) is 12.1 Å². The normalized spacial score (nSPS) is 12.1. The summed E-state index contributed by atoms with van der Waals surface area (Å²) >= 11 is 0. The molecule has 0 saturated carbocycles. The number of hydrogen-bond donors (Lipinski definition) is 3. The number of primary amides is 1. The Morgan fingerprint density at radius 3 is 2.28 bits per heavy atom. The predicted octanol–water partition coefficient (Wildman–Crippen LogP) is 2.18. The highest BCUT2D eigenvalue weighted by Gasteiger charge is 2.18. The van der Waals surface area contributed by atoms with Crippen molar-refractivity contribution in [2.24, 2.45) is 11.5 Å². The SMILES string of the molecule is CC(C)(C)OOC(=O)c1ccc(NC(=O)C(N)Cc2cccc(C(N)=O)c2)cc1. The lowest BCUT2D eigenvalue weighted by atomic mass is 10.0. The summed E-state index contributed by atoms with van der Waals surface area (Å²) in [7, 11) is 0. The third-order valence-electron chi connectivity index (χ3n) is 3.76. The van der Waals surface area contributed by atoms with Gasteiger partial charge < -0.3 is 16.8 Å². The van der Waals surface area contributed by atoms with Crippen molar-refractivity contribution >= 4 is 23.5 Å². The van der Waals surface area contributed by atoms with Crippen LogP contribution in [0.1, 0.15) is 47.1 Å². The average Bonchev–Trinajstić information content (AvgIpc) is 2.66. The van der Waals surface area contributed by atoms with Gasteiger partial charge in [-0.05, 0) is 69.2 Å². The fraction of sp³-hybridized carbons (Fsp3) is 0.286. The molecule has 0 aliphatic rings. The monoisotopic (exact) mass is 399 g/mol. The van der Waals surface area contributed by atoms with E-state index in [-0.39, 0.29) is 12.0 Å². The first-order valence-electron chi connectivity index (χ1n) is 9.00. The summed E-state index contributed by atoms with van der Waals surface area (Å²) in [6.07, 6.45) is 0.238. The van der Waals surface area contributed by atoms with Crippen LogP contribution in [0.2, 0.25) is 0 Å². The molecule has 5 N–H and O–H groups in total. The van der Waals surface area contributed by atoms with Gasteiger partial charge in [0.1, 0.15) is 5.60 Å². The number of carbonyl (C=O) groups is 3. The van der Waals surface area contributed by atoms with Crippen LogP contribution >= 0.6 is 0 Å². The zero-order valence-electron chi connectivity index (χ0n) is 16.6. The number of amides is 2. The van der Waals surface area contributed by atoms with Crippen molar-refractivity contribution in [3.63, 3.8) is 0 Å². The predicted molar refractivity (Wildman–Crippen MR) is 108 cm³/mol. The van der Waals surface area contributed by atoms with Crippen LogP contribution in [-0.2, 0) is 21.0 Å². The maximum atomic E-state index is 12.3. The van der Waals surface area contributed by atoms with Crippen molar-refractivity contribution in [1.82, 2.24) is 0 Å². The standard InChI is InChI=1S/C21H25N3O5/c1-21(2,3)29-28-20(27)14-7-9-16(10-8-14)24-19(26)17(22)12-13-5-4-6-15(11-13)18(23)25/h4-11,17H,12,22H2,1-3H3,(H2,23,25)(H,24,26). The first kappa shape index (κ1) is 22.1. The molecule has 0 fully saturated rings. The van der Waals surface area contributed by atoms with E-state index in [0.29, 0.717) is 11.3 Å². The molecule has 0 bridgehead atoms.